The third kappa shape index (κ3) is 3.44. The van der Waals surface area contributed by atoms with E-state index < -0.39 is 5.60 Å². The third-order valence-corrected chi connectivity index (χ3v) is 3.82. The molecule has 0 aromatic rings. The van der Waals surface area contributed by atoms with Gasteiger partial charge in [-0.05, 0) is 58.5 Å². The predicted octanol–water partition coefficient (Wildman–Crippen LogP) is 1.22. The van der Waals surface area contributed by atoms with E-state index in [-0.39, 0.29) is 0 Å². The van der Waals surface area contributed by atoms with Crippen LogP contribution in [-0.4, -0.2) is 47.8 Å². The van der Waals surface area contributed by atoms with Gasteiger partial charge in [-0.25, -0.2) is 0 Å². The Kier molecular flexibility index (Phi) is 3.88. The number of nitrogens with zero attached hydrogens (tertiary/aromatic N) is 1. The van der Waals surface area contributed by atoms with E-state index in [4.69, 9.17) is 0 Å². The van der Waals surface area contributed by atoms with Gasteiger partial charge in [-0.15, -0.1) is 0 Å². The fourth-order valence-electron chi connectivity index (χ4n) is 3.22. The van der Waals surface area contributed by atoms with Gasteiger partial charge in [0, 0.05) is 19.1 Å². The topological polar surface area (TPSA) is 35.5 Å². The van der Waals surface area contributed by atoms with Crippen molar-refractivity contribution in [3.05, 3.63) is 0 Å². The number of rotatable bonds is 3. The summed E-state index contributed by atoms with van der Waals surface area (Å²) in [4.78, 5) is 2.44. The summed E-state index contributed by atoms with van der Waals surface area (Å²) in [5.74, 6) is 0.804. The number of aliphatic hydroxyl groups is 1. The first-order chi connectivity index (χ1) is 7.54. The largest absolute Gasteiger partial charge is 0.389 e. The van der Waals surface area contributed by atoms with Crippen LogP contribution in [0.15, 0.2) is 0 Å². The zero-order chi connectivity index (χ0) is 11.6. The smallest absolute Gasteiger partial charge is 0.0718 e. The molecule has 3 heteroatoms. The standard InChI is InChI=1S/C13H26N2O/c1-13(2,16)10-15-8-4-5-11(9-15)12-6-3-7-14-12/h11-12,14,16H,3-10H2,1-2H3. The lowest BCUT2D eigenvalue weighted by atomic mass is 9.89. The SMILES string of the molecule is CC(C)(O)CN1CCCC(C2CCCN2)C1. The monoisotopic (exact) mass is 226 g/mol. The van der Waals surface area contributed by atoms with Crippen LogP contribution in [0.4, 0.5) is 0 Å². The number of nitrogens with one attached hydrogen (secondary N) is 1. The molecule has 94 valence electrons. The second-order valence-electron chi connectivity index (χ2n) is 6.15. The maximum atomic E-state index is 9.86. The lowest BCUT2D eigenvalue weighted by Crippen LogP contribution is -2.47. The van der Waals surface area contributed by atoms with E-state index >= 15 is 0 Å². The lowest BCUT2D eigenvalue weighted by molar-refractivity contribution is 0.0184. The van der Waals surface area contributed by atoms with Crippen molar-refractivity contribution >= 4 is 0 Å². The van der Waals surface area contributed by atoms with Gasteiger partial charge in [0.1, 0.15) is 0 Å². The van der Waals surface area contributed by atoms with Gasteiger partial charge in [-0.3, -0.25) is 0 Å². The van der Waals surface area contributed by atoms with Crippen molar-refractivity contribution in [3.63, 3.8) is 0 Å². The fourth-order valence-corrected chi connectivity index (χ4v) is 3.22. The first kappa shape index (κ1) is 12.3. The predicted molar refractivity (Wildman–Crippen MR) is 66.5 cm³/mol. The first-order valence-corrected chi connectivity index (χ1v) is 6.73. The molecule has 2 rings (SSSR count). The summed E-state index contributed by atoms with van der Waals surface area (Å²) >= 11 is 0. The second kappa shape index (κ2) is 5.03. The first-order valence-electron chi connectivity index (χ1n) is 6.73. The maximum Gasteiger partial charge on any atom is 0.0718 e. The number of piperidine rings is 1. The average molecular weight is 226 g/mol. The number of hydrogen-bond acceptors (Lipinski definition) is 3. The molecule has 16 heavy (non-hydrogen) atoms. The van der Waals surface area contributed by atoms with Gasteiger partial charge in [0.15, 0.2) is 0 Å². The van der Waals surface area contributed by atoms with Crippen LogP contribution in [0.2, 0.25) is 0 Å². The highest BCUT2D eigenvalue weighted by atomic mass is 16.3. The molecule has 0 saturated carbocycles. The molecule has 2 atom stereocenters. The van der Waals surface area contributed by atoms with Gasteiger partial charge in [0.25, 0.3) is 0 Å². The van der Waals surface area contributed by atoms with Crippen molar-refractivity contribution in [1.82, 2.24) is 10.2 Å². The van der Waals surface area contributed by atoms with Crippen LogP contribution in [0, 0.1) is 5.92 Å². The highest BCUT2D eigenvalue weighted by Gasteiger charge is 2.30. The minimum atomic E-state index is -0.551. The van der Waals surface area contributed by atoms with Gasteiger partial charge >= 0.3 is 0 Å². The molecule has 2 aliphatic heterocycles. The van der Waals surface area contributed by atoms with Crippen LogP contribution < -0.4 is 5.32 Å². The molecule has 0 aromatic carbocycles. The van der Waals surface area contributed by atoms with E-state index in [9.17, 15) is 5.11 Å². The Morgan fingerprint density at radius 3 is 2.75 bits per heavy atom. The summed E-state index contributed by atoms with van der Waals surface area (Å²) in [5, 5.41) is 13.5. The van der Waals surface area contributed by atoms with Crippen LogP contribution in [0.1, 0.15) is 39.5 Å². The van der Waals surface area contributed by atoms with Gasteiger partial charge in [-0.2, -0.15) is 0 Å². The Balaban J connectivity index is 1.83. The molecule has 0 aliphatic carbocycles. The van der Waals surface area contributed by atoms with E-state index in [1.54, 1.807) is 0 Å². The molecule has 0 radical (unpaired) electrons. The molecular formula is C13H26N2O. The Bertz CT molecular complexity index is 218. The number of likely N-dealkylation sites (tertiary alicyclic amines) is 1. The Morgan fingerprint density at radius 1 is 1.31 bits per heavy atom. The van der Waals surface area contributed by atoms with Crippen LogP contribution in [0.25, 0.3) is 0 Å². The van der Waals surface area contributed by atoms with Crippen molar-refractivity contribution in [3.8, 4) is 0 Å². The molecule has 2 aliphatic rings. The Hall–Kier alpha value is -0.120. The summed E-state index contributed by atoms with van der Waals surface area (Å²) in [6.07, 6.45) is 5.34. The summed E-state index contributed by atoms with van der Waals surface area (Å²) in [5.41, 5.74) is -0.551. The zero-order valence-electron chi connectivity index (χ0n) is 10.7. The van der Waals surface area contributed by atoms with Gasteiger partial charge in [-0.1, -0.05) is 0 Å². The molecule has 0 spiro atoms. The van der Waals surface area contributed by atoms with E-state index in [2.05, 4.69) is 10.2 Å². The van der Waals surface area contributed by atoms with Crippen molar-refractivity contribution < 1.29 is 5.11 Å². The van der Waals surface area contributed by atoms with Crippen LogP contribution in [0.3, 0.4) is 0 Å². The molecule has 2 unspecified atom stereocenters. The van der Waals surface area contributed by atoms with Crippen molar-refractivity contribution in [2.45, 2.75) is 51.2 Å². The summed E-state index contributed by atoms with van der Waals surface area (Å²) in [6.45, 7) is 8.16. The van der Waals surface area contributed by atoms with Crippen LogP contribution in [0.5, 0.6) is 0 Å². The minimum absolute atomic E-state index is 0.551. The molecule has 2 N–H and O–H groups in total. The summed E-state index contributed by atoms with van der Waals surface area (Å²) < 4.78 is 0. The quantitative estimate of drug-likeness (QED) is 0.759. The minimum Gasteiger partial charge on any atom is -0.389 e. The number of hydrogen-bond donors (Lipinski definition) is 2. The van der Waals surface area contributed by atoms with E-state index in [1.807, 2.05) is 13.8 Å². The molecule has 3 nitrogen and oxygen atoms in total. The zero-order valence-corrected chi connectivity index (χ0v) is 10.7. The molecule has 2 fully saturated rings. The average Bonchev–Trinajstić information content (AvgIpc) is 2.68. The normalized spacial score (nSPS) is 33.2. The maximum absolute atomic E-state index is 9.86. The van der Waals surface area contributed by atoms with Gasteiger partial charge in [0.05, 0.1) is 5.60 Å². The molecular weight excluding hydrogens is 200 g/mol. The van der Waals surface area contributed by atoms with Crippen LogP contribution >= 0.6 is 0 Å². The molecule has 0 aromatic heterocycles. The van der Waals surface area contributed by atoms with Crippen molar-refractivity contribution in [2.75, 3.05) is 26.2 Å². The Morgan fingerprint density at radius 2 is 2.12 bits per heavy atom. The summed E-state index contributed by atoms with van der Waals surface area (Å²) in [6, 6.07) is 0.740. The number of β-amino-alcohol motifs (C(OH)–C–C–N with tert-alkyl or cyclic N) is 1. The van der Waals surface area contributed by atoms with Crippen LogP contribution in [-0.2, 0) is 0 Å². The van der Waals surface area contributed by atoms with Crippen molar-refractivity contribution in [1.29, 1.82) is 0 Å². The fraction of sp³-hybridized carbons (Fsp3) is 1.00. The van der Waals surface area contributed by atoms with E-state index in [0.717, 1.165) is 25.0 Å². The van der Waals surface area contributed by atoms with E-state index in [0.29, 0.717) is 0 Å². The molecule has 0 amide bonds. The lowest BCUT2D eigenvalue weighted by Gasteiger charge is -2.38. The molecule has 2 saturated heterocycles. The third-order valence-electron chi connectivity index (χ3n) is 3.82. The van der Waals surface area contributed by atoms with Crippen molar-refractivity contribution in [2.24, 2.45) is 5.92 Å². The Labute approximate surface area is 99.2 Å². The summed E-state index contributed by atoms with van der Waals surface area (Å²) in [7, 11) is 0. The molecule has 2 heterocycles. The molecule has 0 bridgehead atoms. The highest BCUT2D eigenvalue weighted by molar-refractivity contribution is 4.87. The van der Waals surface area contributed by atoms with E-state index in [1.165, 1.54) is 38.8 Å². The second-order valence-corrected chi connectivity index (χ2v) is 6.15. The highest BCUT2D eigenvalue weighted by Crippen LogP contribution is 2.25. The van der Waals surface area contributed by atoms with Gasteiger partial charge in [0.2, 0.25) is 0 Å². The van der Waals surface area contributed by atoms with Gasteiger partial charge < -0.3 is 15.3 Å².